The lowest BCUT2D eigenvalue weighted by molar-refractivity contribution is 0.287. The van der Waals surface area contributed by atoms with Crippen molar-refractivity contribution in [2.75, 3.05) is 0 Å². The monoisotopic (exact) mass is 287 g/mol. The number of benzene rings is 1. The highest BCUT2D eigenvalue weighted by atomic mass is 32.1. The number of aromatic nitrogens is 2. The molecule has 6 heteroatoms. The van der Waals surface area contributed by atoms with Crippen LogP contribution in [0.25, 0.3) is 11.5 Å². The number of thiophene rings is 1. The van der Waals surface area contributed by atoms with Gasteiger partial charge in [-0.15, -0.1) is 0 Å². The minimum Gasteiger partial charge on any atom is -0.485 e. The normalized spacial score (nSPS) is 10.7. The molecule has 0 radical (unpaired) electrons. The molecule has 2 heterocycles. The summed E-state index contributed by atoms with van der Waals surface area (Å²) in [5.41, 5.74) is 7.54. The van der Waals surface area contributed by atoms with Gasteiger partial charge in [0.1, 0.15) is 5.75 Å². The van der Waals surface area contributed by atoms with Crippen molar-refractivity contribution in [1.29, 1.82) is 0 Å². The zero-order valence-corrected chi connectivity index (χ0v) is 11.5. The minimum absolute atomic E-state index is 0.266. The van der Waals surface area contributed by atoms with Crippen LogP contribution in [0.1, 0.15) is 11.4 Å². The molecule has 102 valence electrons. The molecule has 0 fully saturated rings. The highest BCUT2D eigenvalue weighted by molar-refractivity contribution is 7.08. The molecule has 0 unspecified atom stereocenters. The molecule has 2 N–H and O–H groups in total. The molecular weight excluding hydrogens is 274 g/mol. The van der Waals surface area contributed by atoms with Crippen LogP contribution in [0.4, 0.5) is 0 Å². The standard InChI is InChI=1S/C14H13N3O2S/c15-7-10-2-1-3-12(6-10)18-8-13-16-14(19-17-13)11-4-5-20-9-11/h1-6,9H,7-8,15H2. The fraction of sp³-hybridized carbons (Fsp3) is 0.143. The SMILES string of the molecule is NCc1cccc(OCc2noc(-c3ccsc3)n2)c1. The zero-order valence-electron chi connectivity index (χ0n) is 10.7. The topological polar surface area (TPSA) is 74.2 Å². The van der Waals surface area contributed by atoms with Crippen LogP contribution in [0.2, 0.25) is 0 Å². The lowest BCUT2D eigenvalue weighted by Crippen LogP contribution is -2.00. The van der Waals surface area contributed by atoms with E-state index >= 15 is 0 Å². The number of rotatable bonds is 5. The summed E-state index contributed by atoms with van der Waals surface area (Å²) in [4.78, 5) is 4.29. The third kappa shape index (κ3) is 2.87. The Morgan fingerprint density at radius 2 is 2.25 bits per heavy atom. The zero-order chi connectivity index (χ0) is 13.8. The molecule has 3 aromatic rings. The van der Waals surface area contributed by atoms with Gasteiger partial charge in [0.15, 0.2) is 6.61 Å². The number of nitrogens with zero attached hydrogens (tertiary/aromatic N) is 2. The predicted octanol–water partition coefficient (Wildman–Crippen LogP) is 2.84. The first-order chi connectivity index (χ1) is 9.85. The van der Waals surface area contributed by atoms with Gasteiger partial charge in [-0.2, -0.15) is 16.3 Å². The van der Waals surface area contributed by atoms with Crippen LogP contribution >= 0.6 is 11.3 Å². The van der Waals surface area contributed by atoms with E-state index in [1.165, 1.54) is 0 Å². The van der Waals surface area contributed by atoms with E-state index in [-0.39, 0.29) is 6.61 Å². The third-order valence-corrected chi connectivity index (χ3v) is 3.42. The van der Waals surface area contributed by atoms with Crippen molar-refractivity contribution in [3.05, 3.63) is 52.5 Å². The summed E-state index contributed by atoms with van der Waals surface area (Å²) in [5.74, 6) is 1.78. The maximum absolute atomic E-state index is 5.63. The molecule has 5 nitrogen and oxygen atoms in total. The lowest BCUT2D eigenvalue weighted by atomic mass is 10.2. The van der Waals surface area contributed by atoms with Gasteiger partial charge in [0.05, 0.1) is 5.56 Å². The van der Waals surface area contributed by atoms with Gasteiger partial charge in [-0.25, -0.2) is 0 Å². The molecule has 2 aromatic heterocycles. The van der Waals surface area contributed by atoms with Crippen molar-refractivity contribution in [3.8, 4) is 17.2 Å². The average molecular weight is 287 g/mol. The van der Waals surface area contributed by atoms with E-state index in [4.69, 9.17) is 15.0 Å². The highest BCUT2D eigenvalue weighted by Crippen LogP contribution is 2.20. The summed E-state index contributed by atoms with van der Waals surface area (Å²) >= 11 is 1.59. The smallest absolute Gasteiger partial charge is 0.258 e. The van der Waals surface area contributed by atoms with E-state index in [9.17, 15) is 0 Å². The first-order valence-corrected chi connectivity index (χ1v) is 7.06. The summed E-state index contributed by atoms with van der Waals surface area (Å²) in [6.45, 7) is 0.753. The van der Waals surface area contributed by atoms with Gasteiger partial charge in [0.25, 0.3) is 5.89 Å². The molecule has 1 aromatic carbocycles. The van der Waals surface area contributed by atoms with Crippen molar-refractivity contribution in [3.63, 3.8) is 0 Å². The van der Waals surface area contributed by atoms with Crippen LogP contribution in [0.5, 0.6) is 5.75 Å². The molecule has 0 amide bonds. The van der Waals surface area contributed by atoms with E-state index < -0.39 is 0 Å². The molecule has 20 heavy (non-hydrogen) atoms. The van der Waals surface area contributed by atoms with Gasteiger partial charge in [0.2, 0.25) is 5.82 Å². The van der Waals surface area contributed by atoms with Crippen LogP contribution < -0.4 is 10.5 Å². The highest BCUT2D eigenvalue weighted by Gasteiger charge is 2.09. The molecule has 0 saturated heterocycles. The Bertz CT molecular complexity index is 679. The minimum atomic E-state index is 0.266. The second-order valence-electron chi connectivity index (χ2n) is 4.17. The Morgan fingerprint density at radius 3 is 3.05 bits per heavy atom. The quantitative estimate of drug-likeness (QED) is 0.781. The molecule has 0 saturated carbocycles. The van der Waals surface area contributed by atoms with E-state index in [2.05, 4.69) is 10.1 Å². The predicted molar refractivity (Wildman–Crippen MR) is 76.3 cm³/mol. The first-order valence-electron chi connectivity index (χ1n) is 6.12. The maximum atomic E-state index is 5.63. The van der Waals surface area contributed by atoms with E-state index in [1.54, 1.807) is 11.3 Å². The first kappa shape index (κ1) is 12.8. The third-order valence-electron chi connectivity index (χ3n) is 2.74. The Balaban J connectivity index is 1.66. The average Bonchev–Trinajstić information content (AvgIpc) is 3.16. The molecule has 3 rings (SSSR count). The van der Waals surface area contributed by atoms with Crippen LogP contribution in [0.15, 0.2) is 45.6 Å². The van der Waals surface area contributed by atoms with Crippen molar-refractivity contribution in [2.45, 2.75) is 13.2 Å². The number of ether oxygens (including phenoxy) is 1. The van der Waals surface area contributed by atoms with Crippen LogP contribution in [-0.2, 0) is 13.2 Å². The van der Waals surface area contributed by atoms with Crippen molar-refractivity contribution in [2.24, 2.45) is 5.73 Å². The molecule has 0 aliphatic carbocycles. The number of hydrogen-bond donors (Lipinski definition) is 1. The van der Waals surface area contributed by atoms with Gasteiger partial charge in [-0.1, -0.05) is 17.3 Å². The van der Waals surface area contributed by atoms with Crippen molar-refractivity contribution < 1.29 is 9.26 Å². The molecule has 0 atom stereocenters. The van der Waals surface area contributed by atoms with Gasteiger partial charge < -0.3 is 15.0 Å². The summed E-state index contributed by atoms with van der Waals surface area (Å²) in [6, 6.07) is 9.58. The second kappa shape index (κ2) is 5.85. The second-order valence-corrected chi connectivity index (χ2v) is 4.95. The Kier molecular flexibility index (Phi) is 3.76. The number of nitrogens with two attached hydrogens (primary N) is 1. The van der Waals surface area contributed by atoms with Crippen LogP contribution in [-0.4, -0.2) is 10.1 Å². The fourth-order valence-corrected chi connectivity index (χ4v) is 2.36. The van der Waals surface area contributed by atoms with Crippen LogP contribution in [0.3, 0.4) is 0 Å². The van der Waals surface area contributed by atoms with E-state index in [0.717, 1.165) is 16.9 Å². The Morgan fingerprint density at radius 1 is 1.30 bits per heavy atom. The van der Waals surface area contributed by atoms with Crippen molar-refractivity contribution >= 4 is 11.3 Å². The van der Waals surface area contributed by atoms with E-state index in [0.29, 0.717) is 18.3 Å². The van der Waals surface area contributed by atoms with Gasteiger partial charge in [-0.3, -0.25) is 0 Å². The molecule has 0 aliphatic heterocycles. The summed E-state index contributed by atoms with van der Waals surface area (Å²) in [6.07, 6.45) is 0. The Hall–Kier alpha value is -2.18. The molecule has 0 aliphatic rings. The van der Waals surface area contributed by atoms with Gasteiger partial charge in [-0.05, 0) is 29.1 Å². The molecular formula is C14H13N3O2S. The van der Waals surface area contributed by atoms with Crippen molar-refractivity contribution in [1.82, 2.24) is 10.1 Å². The van der Waals surface area contributed by atoms with E-state index in [1.807, 2.05) is 41.1 Å². The largest absolute Gasteiger partial charge is 0.485 e. The Labute approximate surface area is 120 Å². The maximum Gasteiger partial charge on any atom is 0.258 e. The number of hydrogen-bond acceptors (Lipinski definition) is 6. The molecule has 0 bridgehead atoms. The summed E-state index contributed by atoms with van der Waals surface area (Å²) in [5, 5.41) is 7.83. The lowest BCUT2D eigenvalue weighted by Gasteiger charge is -2.04. The van der Waals surface area contributed by atoms with Gasteiger partial charge >= 0.3 is 0 Å². The fourth-order valence-electron chi connectivity index (χ4n) is 1.73. The van der Waals surface area contributed by atoms with Crippen LogP contribution in [0, 0.1) is 0 Å². The summed E-state index contributed by atoms with van der Waals surface area (Å²) in [7, 11) is 0. The van der Waals surface area contributed by atoms with Gasteiger partial charge in [0, 0.05) is 11.9 Å². The summed E-state index contributed by atoms with van der Waals surface area (Å²) < 4.78 is 10.8. The molecule has 0 spiro atoms.